The lowest BCUT2D eigenvalue weighted by molar-refractivity contribution is -0.357. The molecule has 0 spiro atoms. The van der Waals surface area contributed by atoms with E-state index in [1.165, 1.54) is 0 Å². The van der Waals surface area contributed by atoms with Crippen molar-refractivity contribution in [3.63, 3.8) is 0 Å². The molecule has 0 amide bonds. The van der Waals surface area contributed by atoms with Crippen LogP contribution in [0.4, 0.5) is 0 Å². The van der Waals surface area contributed by atoms with Gasteiger partial charge in [-0.2, -0.15) is 8.42 Å². The second kappa shape index (κ2) is 10.8. The fraction of sp³-hybridized carbons (Fsp3) is 1.00. The molecule has 0 bridgehead atoms. The molecule has 30 heavy (non-hydrogen) atoms. The van der Waals surface area contributed by atoms with Gasteiger partial charge in [-0.15, -0.1) is 0 Å². The predicted octanol–water partition coefficient (Wildman–Crippen LogP) is -5.59. The normalized spacial score (nSPS) is 42.9. The molecule has 2 saturated heterocycles. The average molecular weight is 465 g/mol. The SMILES string of the molecule is NCCO[C@@H]1O[C@H](CO)[C@@H](O[C@@H]2O[C@H](CO)[C@H](O)[C@H](OS(=O)(=O)O)[C@H]2O)[C@@H](O)[C@H]1O. The van der Waals surface area contributed by atoms with E-state index in [1.807, 2.05) is 0 Å². The van der Waals surface area contributed by atoms with Gasteiger partial charge in [0.1, 0.15) is 48.8 Å². The van der Waals surface area contributed by atoms with Crippen LogP contribution in [0.3, 0.4) is 0 Å². The molecule has 0 aliphatic carbocycles. The molecule has 2 rings (SSSR count). The summed E-state index contributed by atoms with van der Waals surface area (Å²) in [5.74, 6) is 0. The van der Waals surface area contributed by atoms with Crippen molar-refractivity contribution >= 4 is 10.4 Å². The van der Waals surface area contributed by atoms with Crippen molar-refractivity contribution in [2.45, 2.75) is 61.4 Å². The number of nitrogens with two attached hydrogens (primary N) is 1. The Balaban J connectivity index is 2.19. The van der Waals surface area contributed by atoms with E-state index < -0.39 is 85.0 Å². The summed E-state index contributed by atoms with van der Waals surface area (Å²) in [6, 6.07) is 0. The average Bonchev–Trinajstić information content (AvgIpc) is 2.69. The first-order valence-electron chi connectivity index (χ1n) is 8.91. The first kappa shape index (κ1) is 25.7. The van der Waals surface area contributed by atoms with E-state index >= 15 is 0 Å². The largest absolute Gasteiger partial charge is 0.397 e. The van der Waals surface area contributed by atoms with E-state index in [0.29, 0.717) is 0 Å². The zero-order valence-electron chi connectivity index (χ0n) is 15.6. The molecule has 0 aromatic rings. The smallest absolute Gasteiger partial charge is 0.394 e. The summed E-state index contributed by atoms with van der Waals surface area (Å²) in [5.41, 5.74) is 5.30. The molecule has 0 aromatic carbocycles. The molecule has 0 aromatic heterocycles. The molecule has 15 nitrogen and oxygen atoms in total. The maximum absolute atomic E-state index is 11.0. The van der Waals surface area contributed by atoms with Gasteiger partial charge in [-0.25, -0.2) is 4.18 Å². The molecule has 10 atom stereocenters. The number of hydrogen-bond donors (Lipinski definition) is 8. The Kier molecular flexibility index (Phi) is 9.28. The molecular weight excluding hydrogens is 438 g/mol. The molecule has 2 fully saturated rings. The van der Waals surface area contributed by atoms with Gasteiger partial charge in [-0.05, 0) is 0 Å². The van der Waals surface area contributed by atoms with Gasteiger partial charge in [0.25, 0.3) is 0 Å². The number of aliphatic hydroxyl groups is 6. The van der Waals surface area contributed by atoms with Crippen LogP contribution < -0.4 is 5.73 Å². The third-order valence-electron chi connectivity index (χ3n) is 4.57. The molecule has 178 valence electrons. The molecule has 2 heterocycles. The third kappa shape index (κ3) is 6.02. The van der Waals surface area contributed by atoms with Crippen molar-refractivity contribution in [1.82, 2.24) is 0 Å². The first-order chi connectivity index (χ1) is 14.0. The second-order valence-corrected chi connectivity index (χ2v) is 7.71. The lowest BCUT2D eigenvalue weighted by Gasteiger charge is -2.46. The van der Waals surface area contributed by atoms with Crippen molar-refractivity contribution < 1.29 is 66.7 Å². The minimum atomic E-state index is -5.12. The topological polar surface area (TPSA) is 248 Å². The van der Waals surface area contributed by atoms with Crippen molar-refractivity contribution in [2.24, 2.45) is 5.73 Å². The van der Waals surface area contributed by atoms with Crippen LogP contribution in [0.5, 0.6) is 0 Å². The third-order valence-corrected chi connectivity index (χ3v) is 5.03. The highest BCUT2D eigenvalue weighted by Crippen LogP contribution is 2.30. The van der Waals surface area contributed by atoms with Crippen molar-refractivity contribution in [2.75, 3.05) is 26.4 Å². The van der Waals surface area contributed by atoms with E-state index in [0.717, 1.165) is 0 Å². The lowest BCUT2D eigenvalue weighted by Crippen LogP contribution is -2.65. The van der Waals surface area contributed by atoms with E-state index in [9.17, 15) is 39.1 Å². The second-order valence-electron chi connectivity index (χ2n) is 6.66. The number of aliphatic hydroxyl groups excluding tert-OH is 6. The number of rotatable bonds is 9. The van der Waals surface area contributed by atoms with Gasteiger partial charge in [0.15, 0.2) is 12.6 Å². The Morgan fingerprint density at radius 2 is 1.43 bits per heavy atom. The summed E-state index contributed by atoms with van der Waals surface area (Å²) in [6.07, 6.45) is -16.8. The quantitative estimate of drug-likeness (QED) is 0.148. The Morgan fingerprint density at radius 1 is 0.833 bits per heavy atom. The Bertz CT molecular complexity index is 634. The van der Waals surface area contributed by atoms with E-state index in [-0.39, 0.29) is 13.2 Å². The van der Waals surface area contributed by atoms with Gasteiger partial charge in [0.2, 0.25) is 0 Å². The van der Waals surface area contributed by atoms with E-state index in [2.05, 4.69) is 4.18 Å². The highest BCUT2D eigenvalue weighted by atomic mass is 32.3. The van der Waals surface area contributed by atoms with Crippen molar-refractivity contribution in [1.29, 1.82) is 0 Å². The molecule has 0 radical (unpaired) electrons. The minimum absolute atomic E-state index is 0.0205. The maximum Gasteiger partial charge on any atom is 0.397 e. The Labute approximate surface area is 171 Å². The summed E-state index contributed by atoms with van der Waals surface area (Å²) < 4.78 is 56.2. The zero-order valence-corrected chi connectivity index (χ0v) is 16.4. The van der Waals surface area contributed by atoms with Gasteiger partial charge in [-0.3, -0.25) is 4.55 Å². The highest BCUT2D eigenvalue weighted by Gasteiger charge is 2.52. The maximum atomic E-state index is 11.0. The molecular formula is C14H27NO14S. The Hall–Kier alpha value is -0.570. The lowest BCUT2D eigenvalue weighted by atomic mass is 9.97. The van der Waals surface area contributed by atoms with Gasteiger partial charge in [-0.1, -0.05) is 0 Å². The van der Waals surface area contributed by atoms with Crippen LogP contribution in [0.1, 0.15) is 0 Å². The fourth-order valence-corrected chi connectivity index (χ4v) is 3.63. The molecule has 16 heteroatoms. The zero-order chi connectivity index (χ0) is 22.6. The van der Waals surface area contributed by atoms with Crippen molar-refractivity contribution in [3.05, 3.63) is 0 Å². The first-order valence-corrected chi connectivity index (χ1v) is 10.3. The minimum Gasteiger partial charge on any atom is -0.394 e. The van der Waals surface area contributed by atoms with E-state index in [1.54, 1.807) is 0 Å². The molecule has 2 aliphatic rings. The van der Waals surface area contributed by atoms with Crippen LogP contribution in [0.25, 0.3) is 0 Å². The number of ether oxygens (including phenoxy) is 4. The van der Waals surface area contributed by atoms with Crippen LogP contribution in [0.2, 0.25) is 0 Å². The van der Waals surface area contributed by atoms with Crippen LogP contribution in [-0.4, -0.2) is 131 Å². The van der Waals surface area contributed by atoms with Crippen LogP contribution in [0.15, 0.2) is 0 Å². The molecule has 2 aliphatic heterocycles. The summed E-state index contributed by atoms with van der Waals surface area (Å²) in [7, 11) is -5.12. The molecule has 0 unspecified atom stereocenters. The molecule has 0 saturated carbocycles. The van der Waals surface area contributed by atoms with Gasteiger partial charge in [0, 0.05) is 6.54 Å². The monoisotopic (exact) mass is 465 g/mol. The van der Waals surface area contributed by atoms with Gasteiger partial charge in [0.05, 0.1) is 19.8 Å². The summed E-state index contributed by atoms with van der Waals surface area (Å²) in [6.45, 7) is -1.51. The fourth-order valence-electron chi connectivity index (χ4n) is 3.12. The highest BCUT2D eigenvalue weighted by molar-refractivity contribution is 7.80. The van der Waals surface area contributed by atoms with Gasteiger partial charge < -0.3 is 55.3 Å². The predicted molar refractivity (Wildman–Crippen MR) is 91.8 cm³/mol. The number of hydrogen-bond acceptors (Lipinski definition) is 14. The standard InChI is InChI=1S/C14H27NO14S/c15-1-2-25-13-9(20)8(19)11(6(4-17)27-13)28-14-10(21)12(29-30(22,23)24)7(18)5(3-16)26-14/h5-14,16-21H,1-4,15H2,(H,22,23,24)/t5-,6-,7+,8+,9-,10-,11-,12+,13-,14+/m1/s1. The van der Waals surface area contributed by atoms with Crippen LogP contribution in [0, 0.1) is 0 Å². The summed E-state index contributed by atoms with van der Waals surface area (Å²) in [4.78, 5) is 0. The van der Waals surface area contributed by atoms with Crippen molar-refractivity contribution in [3.8, 4) is 0 Å². The van der Waals surface area contributed by atoms with E-state index in [4.69, 9.17) is 29.2 Å². The van der Waals surface area contributed by atoms with Gasteiger partial charge >= 0.3 is 10.4 Å². The molecule has 9 N–H and O–H groups in total. The summed E-state index contributed by atoms with van der Waals surface area (Å²) >= 11 is 0. The Morgan fingerprint density at radius 3 is 1.97 bits per heavy atom. The van der Waals surface area contributed by atoms with Crippen LogP contribution in [-0.2, 0) is 33.5 Å². The van der Waals surface area contributed by atoms with Crippen LogP contribution >= 0.6 is 0 Å². The summed E-state index contributed by atoms with van der Waals surface area (Å²) in [5, 5.41) is 59.7.